The average molecular weight is 674 g/mol. The maximum Gasteiger partial charge on any atom is 0.475 e. The molecule has 2 saturated heterocycles. The first-order valence-corrected chi connectivity index (χ1v) is 16.8. The van der Waals surface area contributed by atoms with Crippen LogP contribution in [-0.4, -0.2) is 66.9 Å². The highest BCUT2D eigenvalue weighted by Crippen LogP contribution is 2.51. The third kappa shape index (κ3) is 6.77. The van der Waals surface area contributed by atoms with Crippen LogP contribution in [0.4, 0.5) is 21.1 Å². The number of carbonyl (C=O) groups excluding carboxylic acids is 2. The van der Waals surface area contributed by atoms with Crippen molar-refractivity contribution in [3.05, 3.63) is 108 Å². The number of nitrogens with zero attached hydrogens (tertiary/aromatic N) is 3. The lowest BCUT2D eigenvalue weighted by molar-refractivity contribution is 0.0596. The summed E-state index contributed by atoms with van der Waals surface area (Å²) in [7, 11) is -4.05. The number of amides is 2. The van der Waals surface area contributed by atoms with E-state index in [1.807, 2.05) is 72.8 Å². The van der Waals surface area contributed by atoms with Gasteiger partial charge in [0, 0.05) is 11.8 Å². The molecule has 0 aliphatic carbocycles. The summed E-state index contributed by atoms with van der Waals surface area (Å²) in [5.41, 5.74) is 3.69. The Kier molecular flexibility index (Phi) is 9.11. The zero-order valence-electron chi connectivity index (χ0n) is 25.6. The summed E-state index contributed by atoms with van der Waals surface area (Å²) in [6.07, 6.45) is -0.919. The van der Waals surface area contributed by atoms with Crippen LogP contribution in [-0.2, 0) is 40.8 Å². The molecule has 0 bridgehead atoms. The molecule has 3 aliphatic rings. The summed E-state index contributed by atoms with van der Waals surface area (Å²) < 4.78 is 47.3. The van der Waals surface area contributed by atoms with Crippen molar-refractivity contribution in [2.75, 3.05) is 36.2 Å². The van der Waals surface area contributed by atoms with Gasteiger partial charge in [-0.05, 0) is 41.0 Å². The second-order valence-corrected chi connectivity index (χ2v) is 13.0. The van der Waals surface area contributed by atoms with Gasteiger partial charge in [-0.15, -0.1) is 0 Å². The van der Waals surface area contributed by atoms with Gasteiger partial charge in [-0.25, -0.2) is 19.1 Å². The maximum absolute atomic E-state index is 13.6. The Morgan fingerprint density at radius 1 is 0.833 bits per heavy atom. The molecule has 13 nitrogen and oxygen atoms in total. The van der Waals surface area contributed by atoms with E-state index in [1.165, 1.54) is 9.80 Å². The predicted molar refractivity (Wildman–Crippen MR) is 172 cm³/mol. The highest BCUT2D eigenvalue weighted by atomic mass is 31.2. The molecule has 4 heterocycles. The molecule has 0 saturated carbocycles. The van der Waals surface area contributed by atoms with Crippen LogP contribution in [0.3, 0.4) is 0 Å². The van der Waals surface area contributed by atoms with Gasteiger partial charge >= 0.3 is 20.0 Å². The van der Waals surface area contributed by atoms with Gasteiger partial charge in [-0.3, -0.25) is 23.4 Å². The first kappa shape index (κ1) is 31.8. The molecule has 3 atom stereocenters. The number of phosphoric ester groups is 1. The van der Waals surface area contributed by atoms with E-state index in [4.69, 9.17) is 27.8 Å². The van der Waals surface area contributed by atoms with Crippen LogP contribution in [0.5, 0.6) is 5.75 Å². The largest absolute Gasteiger partial charge is 0.489 e. The van der Waals surface area contributed by atoms with Crippen LogP contribution in [0.15, 0.2) is 97.2 Å². The number of anilines is 2. The van der Waals surface area contributed by atoms with Gasteiger partial charge in [0.1, 0.15) is 30.3 Å². The lowest BCUT2D eigenvalue weighted by Crippen LogP contribution is -2.45. The van der Waals surface area contributed by atoms with Gasteiger partial charge in [0.25, 0.3) is 0 Å². The molecule has 1 aromatic heterocycles. The second kappa shape index (κ2) is 13.8. The number of cyclic esters (lactones) is 2. The molecule has 3 unspecified atom stereocenters. The van der Waals surface area contributed by atoms with Crippen molar-refractivity contribution in [1.82, 2.24) is 4.98 Å². The molecule has 2 amide bonds. The summed E-state index contributed by atoms with van der Waals surface area (Å²) in [6, 6.07) is 27.0. The molecule has 2 fully saturated rings. The molecule has 48 heavy (non-hydrogen) atoms. The Morgan fingerprint density at radius 3 is 2.17 bits per heavy atom. The molecular weight excluding hydrogens is 641 g/mol. The van der Waals surface area contributed by atoms with Crippen molar-refractivity contribution in [2.24, 2.45) is 0 Å². The molecule has 7 rings (SSSR count). The van der Waals surface area contributed by atoms with Crippen LogP contribution in [0.25, 0.3) is 11.1 Å². The fourth-order valence-corrected chi connectivity index (χ4v) is 6.81. The minimum Gasteiger partial charge on any atom is -0.489 e. The monoisotopic (exact) mass is 673 g/mol. The first-order chi connectivity index (χ1) is 23.4. The Labute approximate surface area is 276 Å². The Hall–Kier alpha value is -4.78. The van der Waals surface area contributed by atoms with Crippen molar-refractivity contribution in [3.63, 3.8) is 0 Å². The Bertz CT molecular complexity index is 1760. The van der Waals surface area contributed by atoms with E-state index in [9.17, 15) is 19.3 Å². The van der Waals surface area contributed by atoms with Gasteiger partial charge < -0.3 is 19.3 Å². The number of phosphoric acid groups is 1. The Morgan fingerprint density at radius 2 is 1.52 bits per heavy atom. The fraction of sp³-hybridized carbons (Fsp3) is 0.265. The zero-order chi connectivity index (χ0) is 33.1. The number of hydrogen-bond donors (Lipinski definition) is 1. The number of fused-ring (bicyclic) bond motifs is 3. The number of ether oxygens (including phenoxy) is 3. The van der Waals surface area contributed by atoms with Gasteiger partial charge in [0.05, 0.1) is 38.7 Å². The lowest BCUT2D eigenvalue weighted by Gasteiger charge is -2.31. The molecule has 3 aliphatic heterocycles. The van der Waals surface area contributed by atoms with Gasteiger partial charge in [-0.2, -0.15) is 0 Å². The minimum atomic E-state index is -4.05. The smallest absolute Gasteiger partial charge is 0.475 e. The second-order valence-electron chi connectivity index (χ2n) is 11.3. The number of carbonyl (C=O) groups is 2. The first-order valence-electron chi connectivity index (χ1n) is 15.3. The number of rotatable bonds is 12. The van der Waals surface area contributed by atoms with E-state index in [2.05, 4.69) is 4.98 Å². The van der Waals surface area contributed by atoms with Crippen molar-refractivity contribution in [3.8, 4) is 16.9 Å². The van der Waals surface area contributed by atoms with E-state index in [0.717, 1.165) is 22.3 Å². The third-order valence-electron chi connectivity index (χ3n) is 8.13. The van der Waals surface area contributed by atoms with Crippen LogP contribution in [0.2, 0.25) is 0 Å². The molecule has 14 heteroatoms. The fourth-order valence-electron chi connectivity index (χ4n) is 5.62. The predicted octanol–water partition coefficient (Wildman–Crippen LogP) is 5.71. The van der Waals surface area contributed by atoms with E-state index in [-0.39, 0.29) is 39.6 Å². The SMILES string of the molecule is O=C1OC(COP(=O)(OCc2ccccc2)OCc2ccccc2)CN1c1ccc(-c2ccc3c(c2)OCC2C(CO)OC(=O)N32)cn1. The lowest BCUT2D eigenvalue weighted by atomic mass is 10.0. The number of benzene rings is 3. The zero-order valence-corrected chi connectivity index (χ0v) is 26.5. The average Bonchev–Trinajstić information content (AvgIpc) is 3.68. The van der Waals surface area contributed by atoms with Gasteiger partial charge in [0.2, 0.25) is 0 Å². The quantitative estimate of drug-likeness (QED) is 0.185. The molecule has 0 spiro atoms. The summed E-state index contributed by atoms with van der Waals surface area (Å²) >= 11 is 0. The summed E-state index contributed by atoms with van der Waals surface area (Å²) in [5, 5.41) is 9.54. The van der Waals surface area contributed by atoms with E-state index in [1.54, 1.807) is 24.4 Å². The summed E-state index contributed by atoms with van der Waals surface area (Å²) in [6.45, 7) is -0.192. The number of aliphatic hydroxyl groups is 1. The highest BCUT2D eigenvalue weighted by molar-refractivity contribution is 7.48. The molecular formula is C34H32N3O10P. The van der Waals surface area contributed by atoms with Gasteiger partial charge in [0.15, 0.2) is 6.10 Å². The molecule has 248 valence electrons. The number of aliphatic hydroxyl groups excluding tert-OH is 1. The topological polar surface area (TPSA) is 146 Å². The Balaban J connectivity index is 0.989. The van der Waals surface area contributed by atoms with Crippen LogP contribution < -0.4 is 14.5 Å². The number of aromatic nitrogens is 1. The standard InChI is InChI=1S/C34H32N3O10P/c38-18-31-29-22-42-30-15-25(11-13-28(30)37(29)34(40)47-31)26-12-14-32(35-16-26)36-17-27(46-33(36)39)21-45-48(41,43-19-23-7-3-1-4-8-23)44-20-24-9-5-2-6-10-24/h1-16,27,29,31,38H,17-22H2. The number of pyridine rings is 1. The molecule has 1 N–H and O–H groups in total. The van der Waals surface area contributed by atoms with Crippen LogP contribution in [0.1, 0.15) is 11.1 Å². The summed E-state index contributed by atoms with van der Waals surface area (Å²) in [5.74, 6) is 0.870. The normalized spacial score (nSPS) is 20.1. The van der Waals surface area contributed by atoms with E-state index < -0.39 is 38.3 Å². The van der Waals surface area contributed by atoms with Crippen molar-refractivity contribution < 1.29 is 47.0 Å². The van der Waals surface area contributed by atoms with Crippen molar-refractivity contribution in [1.29, 1.82) is 0 Å². The van der Waals surface area contributed by atoms with Crippen LogP contribution >= 0.6 is 7.82 Å². The van der Waals surface area contributed by atoms with Gasteiger partial charge in [-0.1, -0.05) is 66.7 Å². The van der Waals surface area contributed by atoms with Crippen molar-refractivity contribution in [2.45, 2.75) is 31.5 Å². The summed E-state index contributed by atoms with van der Waals surface area (Å²) in [4.78, 5) is 32.6. The van der Waals surface area contributed by atoms with E-state index >= 15 is 0 Å². The molecule has 4 aromatic rings. The van der Waals surface area contributed by atoms with Crippen LogP contribution in [0, 0.1) is 0 Å². The molecule has 0 radical (unpaired) electrons. The molecule has 3 aromatic carbocycles. The minimum absolute atomic E-state index is 0.00555. The maximum atomic E-state index is 13.6. The highest BCUT2D eigenvalue weighted by Gasteiger charge is 2.46. The van der Waals surface area contributed by atoms with Crippen molar-refractivity contribution >= 4 is 31.5 Å². The third-order valence-corrected chi connectivity index (χ3v) is 9.49. The number of hydrogen-bond acceptors (Lipinski definition) is 11. The van der Waals surface area contributed by atoms with E-state index in [0.29, 0.717) is 17.3 Å².